The topological polar surface area (TPSA) is 109 Å². The van der Waals surface area contributed by atoms with Crippen LogP contribution < -0.4 is 10.1 Å². The number of anilines is 1. The molecule has 0 saturated carbocycles. The van der Waals surface area contributed by atoms with E-state index in [2.05, 4.69) is 5.32 Å². The van der Waals surface area contributed by atoms with E-state index < -0.39 is 12.0 Å². The summed E-state index contributed by atoms with van der Waals surface area (Å²) < 4.78 is 11.0. The average molecular weight is 615 g/mol. The predicted molar refractivity (Wildman–Crippen MR) is 177 cm³/mol. The highest BCUT2D eigenvalue weighted by atomic mass is 16.5. The van der Waals surface area contributed by atoms with Crippen LogP contribution in [0.3, 0.4) is 0 Å². The Labute approximate surface area is 267 Å². The molecular weight excluding hydrogens is 580 g/mol. The van der Waals surface area contributed by atoms with Gasteiger partial charge in [0.05, 0.1) is 19.1 Å². The molecule has 0 fully saturated rings. The predicted octanol–water partition coefficient (Wildman–Crippen LogP) is 6.74. The number of hydrogen-bond acceptors (Lipinski definition) is 6. The molecule has 0 spiro atoms. The first-order valence-corrected chi connectivity index (χ1v) is 14.9. The monoisotopic (exact) mass is 614 g/mol. The third kappa shape index (κ3) is 8.83. The number of carbonyl (C=O) groups is 3. The number of carboxylic acids is 1. The first kappa shape index (κ1) is 31.5. The van der Waals surface area contributed by atoms with Crippen molar-refractivity contribution < 1.29 is 28.6 Å². The van der Waals surface area contributed by atoms with Crippen LogP contribution in [0.25, 0.3) is 6.08 Å². The zero-order valence-electron chi connectivity index (χ0n) is 25.1. The maximum Gasteiger partial charge on any atom is 0.326 e. The van der Waals surface area contributed by atoms with Gasteiger partial charge >= 0.3 is 5.97 Å². The Balaban J connectivity index is 1.19. The van der Waals surface area contributed by atoms with E-state index in [1.807, 2.05) is 48.5 Å². The van der Waals surface area contributed by atoms with E-state index in [1.54, 1.807) is 90.2 Å². The molecule has 4 aromatic carbocycles. The fraction of sp³-hybridized carbons (Fsp3) is 0.132. The number of rotatable bonds is 15. The van der Waals surface area contributed by atoms with Gasteiger partial charge < -0.3 is 24.5 Å². The Morgan fingerprint density at radius 3 is 2.22 bits per heavy atom. The number of ether oxygens (including phenoxy) is 1. The van der Waals surface area contributed by atoms with Gasteiger partial charge in [-0.25, -0.2) is 4.79 Å². The SMILES string of the molecule is O=C(c1ccccc1)c1ccccc1N[C@@H](Cc1ccc(OCCN(Cc2ccccc2)C(=O)/C=C/c2ccoc2)cc1)C(=O)O. The molecule has 1 amide bonds. The molecule has 0 radical (unpaired) electrons. The van der Waals surface area contributed by atoms with Crippen LogP contribution in [0.1, 0.15) is 32.6 Å². The number of aliphatic carboxylic acids is 1. The van der Waals surface area contributed by atoms with Gasteiger partial charge in [-0.2, -0.15) is 0 Å². The zero-order valence-corrected chi connectivity index (χ0v) is 25.1. The summed E-state index contributed by atoms with van der Waals surface area (Å²) in [5, 5.41) is 13.1. The highest BCUT2D eigenvalue weighted by Crippen LogP contribution is 2.22. The number of benzene rings is 4. The summed E-state index contributed by atoms with van der Waals surface area (Å²) in [6, 6.07) is 33.5. The summed E-state index contributed by atoms with van der Waals surface area (Å²) in [6.07, 6.45) is 6.54. The lowest BCUT2D eigenvalue weighted by Crippen LogP contribution is -2.33. The highest BCUT2D eigenvalue weighted by Gasteiger charge is 2.21. The molecule has 1 heterocycles. The second kappa shape index (κ2) is 15.7. The van der Waals surface area contributed by atoms with Gasteiger partial charge in [0.15, 0.2) is 5.78 Å². The minimum atomic E-state index is -1.03. The van der Waals surface area contributed by atoms with Crippen LogP contribution in [0.4, 0.5) is 5.69 Å². The fourth-order valence-electron chi connectivity index (χ4n) is 4.88. The van der Waals surface area contributed by atoms with E-state index in [0.29, 0.717) is 35.7 Å². The second-order valence-corrected chi connectivity index (χ2v) is 10.6. The van der Waals surface area contributed by atoms with Crippen molar-refractivity contribution >= 4 is 29.4 Å². The molecular formula is C38H34N2O6. The van der Waals surface area contributed by atoms with Gasteiger partial charge in [-0.05, 0) is 47.5 Å². The molecule has 2 N–H and O–H groups in total. The van der Waals surface area contributed by atoms with Crippen LogP contribution in [-0.4, -0.2) is 46.9 Å². The molecule has 0 aliphatic carbocycles. The molecule has 0 aliphatic rings. The summed E-state index contributed by atoms with van der Waals surface area (Å²) >= 11 is 0. The van der Waals surface area contributed by atoms with Crippen molar-refractivity contribution in [2.75, 3.05) is 18.5 Å². The van der Waals surface area contributed by atoms with Gasteiger partial charge in [0.2, 0.25) is 5.91 Å². The van der Waals surface area contributed by atoms with Crippen molar-refractivity contribution in [1.29, 1.82) is 0 Å². The smallest absolute Gasteiger partial charge is 0.326 e. The summed E-state index contributed by atoms with van der Waals surface area (Å²) in [4.78, 5) is 40.1. The van der Waals surface area contributed by atoms with E-state index >= 15 is 0 Å². The second-order valence-electron chi connectivity index (χ2n) is 10.6. The third-order valence-corrected chi connectivity index (χ3v) is 7.32. The number of furan rings is 1. The Morgan fingerprint density at radius 2 is 1.52 bits per heavy atom. The van der Waals surface area contributed by atoms with Crippen LogP contribution in [0.2, 0.25) is 0 Å². The Morgan fingerprint density at radius 1 is 0.826 bits per heavy atom. The van der Waals surface area contributed by atoms with Crippen molar-refractivity contribution in [2.45, 2.75) is 19.0 Å². The number of ketones is 1. The molecule has 0 saturated heterocycles. The first-order chi connectivity index (χ1) is 22.5. The molecule has 5 aromatic rings. The van der Waals surface area contributed by atoms with E-state index in [9.17, 15) is 19.5 Å². The van der Waals surface area contributed by atoms with Crippen LogP contribution >= 0.6 is 0 Å². The maximum atomic E-state index is 13.1. The van der Waals surface area contributed by atoms with Gasteiger partial charge in [-0.1, -0.05) is 84.9 Å². The summed E-state index contributed by atoms with van der Waals surface area (Å²) in [7, 11) is 0. The summed E-state index contributed by atoms with van der Waals surface area (Å²) in [5.74, 6) is -0.772. The molecule has 1 aromatic heterocycles. The quantitative estimate of drug-likeness (QED) is 0.0993. The summed E-state index contributed by atoms with van der Waals surface area (Å²) in [5.41, 5.74) is 3.97. The normalized spacial score (nSPS) is 11.6. The number of amides is 1. The van der Waals surface area contributed by atoms with Crippen molar-refractivity contribution in [3.05, 3.63) is 162 Å². The van der Waals surface area contributed by atoms with Gasteiger partial charge in [0.1, 0.15) is 18.4 Å². The number of carbonyl (C=O) groups excluding carboxylic acids is 2. The van der Waals surface area contributed by atoms with Gasteiger partial charge in [-0.3, -0.25) is 9.59 Å². The van der Waals surface area contributed by atoms with Gasteiger partial charge in [0.25, 0.3) is 0 Å². The van der Waals surface area contributed by atoms with E-state index in [0.717, 1.165) is 16.7 Å². The largest absolute Gasteiger partial charge is 0.492 e. The van der Waals surface area contributed by atoms with Crippen LogP contribution in [-0.2, 0) is 22.6 Å². The molecule has 232 valence electrons. The van der Waals surface area contributed by atoms with Crippen molar-refractivity contribution in [3.63, 3.8) is 0 Å². The Bertz CT molecular complexity index is 1750. The van der Waals surface area contributed by atoms with Gasteiger partial charge in [0, 0.05) is 41.4 Å². The standard InChI is InChI=1S/C38H34N2O6/c41-36(20-17-30-21-23-45-27-30)40(26-29-9-3-1-4-10-29)22-24-46-32-18-15-28(16-19-32)25-35(38(43)44)39-34-14-8-7-13-33(34)37(42)31-11-5-2-6-12-31/h1-21,23,27,35,39H,22,24-26H2,(H,43,44)/b20-17+/t35-/m0/s1. The van der Waals surface area contributed by atoms with Crippen molar-refractivity contribution in [1.82, 2.24) is 4.90 Å². The molecule has 0 aliphatic heterocycles. The number of nitrogens with one attached hydrogen (secondary N) is 1. The average Bonchev–Trinajstić information content (AvgIpc) is 3.62. The first-order valence-electron chi connectivity index (χ1n) is 14.9. The van der Waals surface area contributed by atoms with E-state index in [-0.39, 0.29) is 24.7 Å². The maximum absolute atomic E-state index is 13.1. The number of carboxylic acid groups (broad SMARTS) is 1. The summed E-state index contributed by atoms with van der Waals surface area (Å²) in [6.45, 7) is 1.06. The molecule has 5 rings (SSSR count). The van der Waals surface area contributed by atoms with Crippen LogP contribution in [0.5, 0.6) is 5.75 Å². The van der Waals surface area contributed by atoms with Crippen molar-refractivity contribution in [2.24, 2.45) is 0 Å². The van der Waals surface area contributed by atoms with Crippen molar-refractivity contribution in [3.8, 4) is 5.75 Å². The van der Waals surface area contributed by atoms with Crippen LogP contribution in [0.15, 0.2) is 138 Å². The van der Waals surface area contributed by atoms with Crippen LogP contribution in [0, 0.1) is 0 Å². The lowest BCUT2D eigenvalue weighted by atomic mass is 10.00. The number of para-hydroxylation sites is 1. The minimum Gasteiger partial charge on any atom is -0.492 e. The molecule has 46 heavy (non-hydrogen) atoms. The molecule has 8 heteroatoms. The Hall–Kier alpha value is -5.89. The Kier molecular flexibility index (Phi) is 10.8. The minimum absolute atomic E-state index is 0.150. The van der Waals surface area contributed by atoms with E-state index in [4.69, 9.17) is 9.15 Å². The molecule has 8 nitrogen and oxygen atoms in total. The third-order valence-electron chi connectivity index (χ3n) is 7.32. The lowest BCUT2D eigenvalue weighted by Gasteiger charge is -2.22. The van der Waals surface area contributed by atoms with Gasteiger partial charge in [-0.15, -0.1) is 0 Å². The number of nitrogens with zero attached hydrogens (tertiary/aromatic N) is 1. The fourth-order valence-corrected chi connectivity index (χ4v) is 4.88. The molecule has 1 atom stereocenters. The molecule has 0 unspecified atom stereocenters. The lowest BCUT2D eigenvalue weighted by molar-refractivity contribution is -0.137. The zero-order chi connectivity index (χ0) is 32.1. The highest BCUT2D eigenvalue weighted by molar-refractivity contribution is 6.12. The molecule has 0 bridgehead atoms. The van der Waals surface area contributed by atoms with E-state index in [1.165, 1.54) is 6.08 Å². The number of hydrogen-bond donors (Lipinski definition) is 2.